The molecule has 3 nitrogen and oxygen atoms in total. The van der Waals surface area contributed by atoms with Crippen molar-refractivity contribution in [3.63, 3.8) is 0 Å². The van der Waals surface area contributed by atoms with Crippen molar-refractivity contribution < 1.29 is 9.57 Å². The average molecular weight is 292 g/mol. The smallest absolute Gasteiger partial charge is 0.182 e. The van der Waals surface area contributed by atoms with Crippen molar-refractivity contribution in [2.45, 2.75) is 83.5 Å². The molecule has 0 N–H and O–H groups in total. The third-order valence-electron chi connectivity index (χ3n) is 3.48. The second-order valence-corrected chi connectivity index (χ2v) is 6.49. The van der Waals surface area contributed by atoms with Gasteiger partial charge in [-0.3, -0.25) is 4.84 Å². The molecule has 0 heterocycles. The summed E-state index contributed by atoms with van der Waals surface area (Å²) >= 11 is 6.21. The number of unbranched alkanes of at least 4 members (excludes halogenated alkanes) is 1. The Bertz CT molecular complexity index is 248. The maximum absolute atomic E-state index is 6.21. The van der Waals surface area contributed by atoms with Crippen LogP contribution >= 0.6 is 11.6 Å². The molecule has 1 fully saturated rings. The number of ether oxygens (including phenoxy) is 1. The van der Waals surface area contributed by atoms with Crippen LogP contribution in [-0.4, -0.2) is 35.4 Å². The molecule has 0 saturated heterocycles. The van der Waals surface area contributed by atoms with Crippen LogP contribution in [0.1, 0.15) is 66.2 Å². The molecule has 2 atom stereocenters. The molecular formula is C15H30ClNO2. The summed E-state index contributed by atoms with van der Waals surface area (Å²) < 4.78 is 6.11. The summed E-state index contributed by atoms with van der Waals surface area (Å²) in [5.74, 6) is -0.567. The molecule has 0 aromatic carbocycles. The second-order valence-electron chi connectivity index (χ2n) is 5.87. The number of hydrogen-bond donors (Lipinski definition) is 0. The largest absolute Gasteiger partial charge is 0.345 e. The summed E-state index contributed by atoms with van der Waals surface area (Å²) in [6.45, 7) is 10.1. The Morgan fingerprint density at radius 3 is 2.58 bits per heavy atom. The summed E-state index contributed by atoms with van der Waals surface area (Å²) in [5.41, 5.74) is 0. The number of rotatable bonds is 8. The van der Waals surface area contributed by atoms with Gasteiger partial charge in [-0.2, -0.15) is 5.06 Å². The van der Waals surface area contributed by atoms with Gasteiger partial charge in [0.05, 0.1) is 6.10 Å². The molecule has 1 saturated carbocycles. The summed E-state index contributed by atoms with van der Waals surface area (Å²) in [6, 6.07) is 0. The van der Waals surface area contributed by atoms with Crippen molar-refractivity contribution in [3.05, 3.63) is 0 Å². The first kappa shape index (κ1) is 17.2. The van der Waals surface area contributed by atoms with Crippen molar-refractivity contribution in [1.82, 2.24) is 5.06 Å². The zero-order valence-corrected chi connectivity index (χ0v) is 13.7. The molecular weight excluding hydrogens is 262 g/mol. The highest BCUT2D eigenvalue weighted by atomic mass is 35.5. The van der Waals surface area contributed by atoms with E-state index in [0.29, 0.717) is 0 Å². The minimum atomic E-state index is -0.567. The van der Waals surface area contributed by atoms with E-state index in [4.69, 9.17) is 21.2 Å². The molecule has 0 aromatic rings. The Morgan fingerprint density at radius 2 is 2.00 bits per heavy atom. The van der Waals surface area contributed by atoms with E-state index in [9.17, 15) is 0 Å². The fraction of sp³-hybridized carbons (Fsp3) is 1.00. The van der Waals surface area contributed by atoms with Gasteiger partial charge in [-0.1, -0.05) is 20.3 Å². The van der Waals surface area contributed by atoms with Gasteiger partial charge >= 0.3 is 0 Å². The van der Waals surface area contributed by atoms with Crippen LogP contribution in [0.5, 0.6) is 0 Å². The maximum atomic E-state index is 6.21. The van der Waals surface area contributed by atoms with E-state index < -0.39 is 5.79 Å². The summed E-state index contributed by atoms with van der Waals surface area (Å²) in [6.07, 6.45) is 6.86. The highest BCUT2D eigenvalue weighted by molar-refractivity contribution is 6.20. The van der Waals surface area contributed by atoms with Crippen LogP contribution in [-0.2, 0) is 9.57 Å². The average Bonchev–Trinajstić information content (AvgIpc) is 2.33. The van der Waals surface area contributed by atoms with Gasteiger partial charge in [0.15, 0.2) is 5.79 Å². The predicted molar refractivity (Wildman–Crippen MR) is 80.3 cm³/mol. The molecule has 0 bridgehead atoms. The van der Waals surface area contributed by atoms with E-state index in [-0.39, 0.29) is 11.5 Å². The van der Waals surface area contributed by atoms with Gasteiger partial charge in [0.25, 0.3) is 0 Å². The molecule has 2 unspecified atom stereocenters. The van der Waals surface area contributed by atoms with Crippen LogP contribution in [0.25, 0.3) is 0 Å². The molecule has 4 heteroatoms. The fourth-order valence-electron chi connectivity index (χ4n) is 2.53. The fourth-order valence-corrected chi connectivity index (χ4v) is 2.88. The molecule has 1 aliphatic rings. The number of halogens is 1. The normalized spacial score (nSPS) is 24.9. The first-order valence-electron chi connectivity index (χ1n) is 7.72. The Balaban J connectivity index is 2.40. The Labute approximate surface area is 123 Å². The monoisotopic (exact) mass is 291 g/mol. The van der Waals surface area contributed by atoms with Gasteiger partial charge in [0.1, 0.15) is 0 Å². The van der Waals surface area contributed by atoms with Gasteiger partial charge in [-0.15, -0.1) is 11.6 Å². The summed E-state index contributed by atoms with van der Waals surface area (Å²) in [4.78, 5) is 6.00. The van der Waals surface area contributed by atoms with Gasteiger partial charge < -0.3 is 4.74 Å². The van der Waals surface area contributed by atoms with Crippen LogP contribution in [0.3, 0.4) is 0 Å². The van der Waals surface area contributed by atoms with Crippen molar-refractivity contribution in [2.24, 2.45) is 0 Å². The first-order valence-corrected chi connectivity index (χ1v) is 8.16. The SMILES string of the molecule is CCCCN(CC)OC(C)(C)OC1CCCC(Cl)C1. The molecule has 0 aromatic heterocycles. The lowest BCUT2D eigenvalue weighted by atomic mass is 9.97. The van der Waals surface area contributed by atoms with Gasteiger partial charge in [0, 0.05) is 18.5 Å². The maximum Gasteiger partial charge on any atom is 0.182 e. The Morgan fingerprint density at radius 1 is 1.26 bits per heavy atom. The van der Waals surface area contributed by atoms with Crippen molar-refractivity contribution >= 4 is 11.6 Å². The quantitative estimate of drug-likeness (QED) is 0.377. The molecule has 0 spiro atoms. The minimum absolute atomic E-state index is 0.233. The van der Waals surface area contributed by atoms with E-state index in [0.717, 1.165) is 45.2 Å². The highest BCUT2D eigenvalue weighted by Crippen LogP contribution is 2.29. The van der Waals surface area contributed by atoms with Crippen LogP contribution in [0.2, 0.25) is 0 Å². The molecule has 19 heavy (non-hydrogen) atoms. The Hall–Kier alpha value is 0.170. The summed E-state index contributed by atoms with van der Waals surface area (Å²) in [7, 11) is 0. The molecule has 0 aliphatic heterocycles. The third kappa shape index (κ3) is 6.94. The Kier molecular flexibility index (Phi) is 7.66. The van der Waals surface area contributed by atoms with E-state index in [1.54, 1.807) is 0 Å². The zero-order valence-electron chi connectivity index (χ0n) is 13.0. The standard InChI is InChI=1S/C15H30ClNO2/c1-5-7-11-17(6-2)19-15(3,4)18-14-10-8-9-13(16)12-14/h13-14H,5-12H2,1-4H3. The van der Waals surface area contributed by atoms with Crippen molar-refractivity contribution in [1.29, 1.82) is 0 Å². The van der Waals surface area contributed by atoms with E-state index >= 15 is 0 Å². The lowest BCUT2D eigenvalue weighted by Gasteiger charge is -2.36. The first-order chi connectivity index (χ1) is 8.96. The zero-order chi connectivity index (χ0) is 14.3. The van der Waals surface area contributed by atoms with E-state index in [1.807, 2.05) is 18.9 Å². The van der Waals surface area contributed by atoms with Crippen LogP contribution in [0.15, 0.2) is 0 Å². The third-order valence-corrected chi connectivity index (χ3v) is 3.87. The second kappa shape index (κ2) is 8.46. The molecule has 0 radical (unpaired) electrons. The van der Waals surface area contributed by atoms with E-state index in [2.05, 4.69) is 13.8 Å². The topological polar surface area (TPSA) is 21.7 Å². The lowest BCUT2D eigenvalue weighted by Crippen LogP contribution is -2.42. The van der Waals surface area contributed by atoms with E-state index in [1.165, 1.54) is 6.42 Å². The number of alkyl halides is 1. The minimum Gasteiger partial charge on any atom is -0.345 e. The molecule has 1 aliphatic carbocycles. The molecule has 1 rings (SSSR count). The van der Waals surface area contributed by atoms with Crippen LogP contribution < -0.4 is 0 Å². The molecule has 114 valence electrons. The predicted octanol–water partition coefficient (Wildman–Crippen LogP) is 4.34. The number of hydroxylamine groups is 2. The van der Waals surface area contributed by atoms with Crippen molar-refractivity contribution in [2.75, 3.05) is 13.1 Å². The van der Waals surface area contributed by atoms with Crippen LogP contribution in [0.4, 0.5) is 0 Å². The van der Waals surface area contributed by atoms with Gasteiger partial charge in [-0.25, -0.2) is 0 Å². The highest BCUT2D eigenvalue weighted by Gasteiger charge is 2.30. The molecule has 0 amide bonds. The summed E-state index contributed by atoms with van der Waals surface area (Å²) in [5, 5.41) is 2.27. The van der Waals surface area contributed by atoms with Gasteiger partial charge in [-0.05, 0) is 46.0 Å². The lowest BCUT2D eigenvalue weighted by molar-refractivity contribution is -0.343. The number of hydrogen-bond acceptors (Lipinski definition) is 3. The number of nitrogens with zero attached hydrogens (tertiary/aromatic N) is 1. The van der Waals surface area contributed by atoms with Crippen LogP contribution in [0, 0.1) is 0 Å². The van der Waals surface area contributed by atoms with Gasteiger partial charge in [0.2, 0.25) is 0 Å². The van der Waals surface area contributed by atoms with Crippen molar-refractivity contribution in [3.8, 4) is 0 Å².